The third-order valence-electron chi connectivity index (χ3n) is 4.85. The van der Waals surface area contributed by atoms with E-state index in [0.29, 0.717) is 35.3 Å². The van der Waals surface area contributed by atoms with Crippen molar-refractivity contribution < 1.29 is 23.9 Å². The van der Waals surface area contributed by atoms with Gasteiger partial charge in [0.1, 0.15) is 5.57 Å². The molecule has 2 aromatic rings. The van der Waals surface area contributed by atoms with Crippen LogP contribution in [0.1, 0.15) is 37.8 Å². The van der Waals surface area contributed by atoms with E-state index in [4.69, 9.17) is 21.1 Å². The van der Waals surface area contributed by atoms with E-state index in [1.165, 1.54) is 12.1 Å². The Labute approximate surface area is 191 Å². The maximum absolute atomic E-state index is 13.1. The third kappa shape index (κ3) is 5.11. The minimum atomic E-state index is -0.827. The molecular weight excluding hydrogens is 432 g/mol. The Morgan fingerprint density at radius 1 is 1.03 bits per heavy atom. The van der Waals surface area contributed by atoms with Crippen LogP contribution in [0.15, 0.2) is 42.0 Å². The molecule has 168 valence electrons. The summed E-state index contributed by atoms with van der Waals surface area (Å²) in [5, 5.41) is 2.62. The number of amides is 4. The first-order valence-corrected chi connectivity index (χ1v) is 10.8. The van der Waals surface area contributed by atoms with Crippen LogP contribution in [0.5, 0.6) is 11.5 Å². The van der Waals surface area contributed by atoms with E-state index in [1.54, 1.807) is 30.3 Å². The van der Waals surface area contributed by atoms with Gasteiger partial charge in [0.25, 0.3) is 11.8 Å². The van der Waals surface area contributed by atoms with Crippen LogP contribution in [-0.4, -0.2) is 31.1 Å². The first-order chi connectivity index (χ1) is 15.3. The summed E-state index contributed by atoms with van der Waals surface area (Å²) in [6.07, 6.45) is 3.34. The monoisotopic (exact) mass is 456 g/mol. The molecule has 3 rings (SSSR count). The number of aryl methyl sites for hydroxylation is 1. The number of urea groups is 1. The highest BCUT2D eigenvalue weighted by molar-refractivity contribution is 6.39. The van der Waals surface area contributed by atoms with Gasteiger partial charge in [-0.1, -0.05) is 37.1 Å². The Hall–Kier alpha value is -3.32. The van der Waals surface area contributed by atoms with Gasteiger partial charge in [0, 0.05) is 5.02 Å². The highest BCUT2D eigenvalue weighted by Gasteiger charge is 2.37. The van der Waals surface area contributed by atoms with Crippen molar-refractivity contribution in [1.82, 2.24) is 5.32 Å². The minimum Gasteiger partial charge on any atom is -0.490 e. The molecule has 1 heterocycles. The van der Waals surface area contributed by atoms with Gasteiger partial charge in [-0.05, 0) is 61.7 Å². The van der Waals surface area contributed by atoms with E-state index in [1.807, 2.05) is 13.8 Å². The van der Waals surface area contributed by atoms with Crippen molar-refractivity contribution >= 4 is 41.2 Å². The van der Waals surface area contributed by atoms with Gasteiger partial charge in [0.05, 0.1) is 18.9 Å². The van der Waals surface area contributed by atoms with Crippen LogP contribution in [-0.2, 0) is 9.59 Å². The maximum Gasteiger partial charge on any atom is 0.335 e. The van der Waals surface area contributed by atoms with Crippen molar-refractivity contribution in [2.75, 3.05) is 18.1 Å². The fourth-order valence-corrected chi connectivity index (χ4v) is 3.28. The number of imide groups is 2. The average Bonchev–Trinajstić information content (AvgIpc) is 2.75. The summed E-state index contributed by atoms with van der Waals surface area (Å²) in [5.41, 5.74) is 1.46. The maximum atomic E-state index is 13.1. The SMILES string of the molecule is CCCCOc1ccc(C=C2C(=O)NC(=O)N(c3ccc(C)c(Cl)c3)C2=O)cc1OCC. The number of nitrogens with zero attached hydrogens (tertiary/aromatic N) is 1. The molecule has 0 radical (unpaired) electrons. The highest BCUT2D eigenvalue weighted by Crippen LogP contribution is 2.31. The molecular formula is C24H25ClN2O5. The fourth-order valence-electron chi connectivity index (χ4n) is 3.11. The smallest absolute Gasteiger partial charge is 0.335 e. The Bertz CT molecular complexity index is 1080. The summed E-state index contributed by atoms with van der Waals surface area (Å²) >= 11 is 6.15. The number of barbiturate groups is 1. The van der Waals surface area contributed by atoms with Gasteiger partial charge in [0.15, 0.2) is 11.5 Å². The van der Waals surface area contributed by atoms with E-state index in [9.17, 15) is 14.4 Å². The lowest BCUT2D eigenvalue weighted by molar-refractivity contribution is -0.122. The number of rotatable bonds is 8. The molecule has 1 aliphatic heterocycles. The molecule has 32 heavy (non-hydrogen) atoms. The number of anilines is 1. The topological polar surface area (TPSA) is 84.9 Å². The largest absolute Gasteiger partial charge is 0.490 e. The second-order valence-electron chi connectivity index (χ2n) is 7.23. The first kappa shape index (κ1) is 23.3. The number of carbonyl (C=O) groups is 3. The summed E-state index contributed by atoms with van der Waals surface area (Å²) in [6, 6.07) is 9.14. The zero-order valence-corrected chi connectivity index (χ0v) is 19.0. The Kier molecular flexibility index (Phi) is 7.53. The highest BCUT2D eigenvalue weighted by atomic mass is 35.5. The van der Waals surface area contributed by atoms with Crippen molar-refractivity contribution in [3.8, 4) is 11.5 Å². The molecule has 0 bridgehead atoms. The van der Waals surface area contributed by atoms with Gasteiger partial charge in [-0.2, -0.15) is 0 Å². The third-order valence-corrected chi connectivity index (χ3v) is 5.26. The number of benzene rings is 2. The van der Waals surface area contributed by atoms with Crippen molar-refractivity contribution in [3.05, 3.63) is 58.1 Å². The molecule has 7 nitrogen and oxygen atoms in total. The van der Waals surface area contributed by atoms with E-state index in [0.717, 1.165) is 23.3 Å². The number of unbranched alkanes of at least 4 members (excludes halogenated alkanes) is 1. The van der Waals surface area contributed by atoms with Gasteiger partial charge >= 0.3 is 6.03 Å². The quantitative estimate of drug-likeness (QED) is 0.347. The predicted molar refractivity (Wildman–Crippen MR) is 123 cm³/mol. The lowest BCUT2D eigenvalue weighted by Crippen LogP contribution is -2.54. The lowest BCUT2D eigenvalue weighted by atomic mass is 10.1. The molecule has 0 unspecified atom stereocenters. The molecule has 0 aromatic heterocycles. The molecule has 2 aromatic carbocycles. The molecule has 1 aliphatic rings. The van der Waals surface area contributed by atoms with E-state index < -0.39 is 17.8 Å². The first-order valence-electron chi connectivity index (χ1n) is 10.4. The number of halogens is 1. The van der Waals surface area contributed by atoms with Gasteiger partial charge in [-0.25, -0.2) is 9.69 Å². The molecule has 0 spiro atoms. The number of ether oxygens (including phenoxy) is 2. The molecule has 0 atom stereocenters. The van der Waals surface area contributed by atoms with Gasteiger partial charge < -0.3 is 9.47 Å². The minimum absolute atomic E-state index is 0.177. The van der Waals surface area contributed by atoms with Crippen LogP contribution < -0.4 is 19.7 Å². The molecule has 8 heteroatoms. The van der Waals surface area contributed by atoms with E-state index in [-0.39, 0.29) is 11.3 Å². The fraction of sp³-hybridized carbons (Fsp3) is 0.292. The molecule has 1 N–H and O–H groups in total. The van der Waals surface area contributed by atoms with Crippen LogP contribution in [0, 0.1) is 6.92 Å². The molecule has 4 amide bonds. The van der Waals surface area contributed by atoms with Crippen LogP contribution >= 0.6 is 11.6 Å². The van der Waals surface area contributed by atoms with Crippen LogP contribution in [0.4, 0.5) is 10.5 Å². The number of hydrogen-bond donors (Lipinski definition) is 1. The second-order valence-corrected chi connectivity index (χ2v) is 7.64. The summed E-state index contributed by atoms with van der Waals surface area (Å²) in [4.78, 5) is 38.8. The zero-order chi connectivity index (χ0) is 23.3. The Balaban J connectivity index is 1.94. The van der Waals surface area contributed by atoms with Crippen molar-refractivity contribution in [3.63, 3.8) is 0 Å². The number of carbonyl (C=O) groups excluding carboxylic acids is 3. The summed E-state index contributed by atoms with van der Waals surface area (Å²) in [7, 11) is 0. The summed E-state index contributed by atoms with van der Waals surface area (Å²) in [6.45, 7) is 6.74. The molecule has 0 aliphatic carbocycles. The number of nitrogens with one attached hydrogen (secondary N) is 1. The van der Waals surface area contributed by atoms with Crippen LogP contribution in [0.25, 0.3) is 6.08 Å². The Morgan fingerprint density at radius 3 is 2.50 bits per heavy atom. The van der Waals surface area contributed by atoms with Gasteiger partial charge in [-0.3, -0.25) is 14.9 Å². The van der Waals surface area contributed by atoms with Crippen LogP contribution in [0.3, 0.4) is 0 Å². The number of hydrogen-bond acceptors (Lipinski definition) is 5. The van der Waals surface area contributed by atoms with Crippen molar-refractivity contribution in [2.24, 2.45) is 0 Å². The lowest BCUT2D eigenvalue weighted by Gasteiger charge is -2.26. The van der Waals surface area contributed by atoms with E-state index in [2.05, 4.69) is 12.2 Å². The van der Waals surface area contributed by atoms with Gasteiger partial charge in [-0.15, -0.1) is 0 Å². The second kappa shape index (κ2) is 10.3. The van der Waals surface area contributed by atoms with Gasteiger partial charge in [0.2, 0.25) is 0 Å². The molecule has 1 saturated heterocycles. The molecule has 0 saturated carbocycles. The van der Waals surface area contributed by atoms with E-state index >= 15 is 0 Å². The average molecular weight is 457 g/mol. The predicted octanol–water partition coefficient (Wildman–Crippen LogP) is 4.89. The zero-order valence-electron chi connectivity index (χ0n) is 18.2. The Morgan fingerprint density at radius 2 is 1.81 bits per heavy atom. The van der Waals surface area contributed by atoms with Crippen molar-refractivity contribution in [1.29, 1.82) is 0 Å². The standard InChI is InChI=1S/C24H25ClN2O5/c1-4-6-11-32-20-10-8-16(13-21(20)31-5-2)12-18-22(28)26-24(30)27(23(18)29)17-9-7-15(3)19(25)14-17/h7-10,12-14H,4-6,11H2,1-3H3,(H,26,28,30). The van der Waals surface area contributed by atoms with Crippen molar-refractivity contribution in [2.45, 2.75) is 33.6 Å². The summed E-state index contributed by atoms with van der Waals surface area (Å²) in [5.74, 6) is -0.400. The van der Waals surface area contributed by atoms with Crippen LogP contribution in [0.2, 0.25) is 5.02 Å². The molecule has 1 fully saturated rings. The summed E-state index contributed by atoms with van der Waals surface area (Å²) < 4.78 is 11.4. The normalized spacial score (nSPS) is 15.2.